The molecule has 2 rings (SSSR count). The normalized spacial score (nSPS) is 12.0. The summed E-state index contributed by atoms with van der Waals surface area (Å²) in [6.07, 6.45) is 0.520. The van der Waals surface area contributed by atoms with E-state index in [-0.39, 0.29) is 36.0 Å². The third kappa shape index (κ3) is 5.04. The second-order valence-corrected chi connectivity index (χ2v) is 5.72. The van der Waals surface area contributed by atoms with Crippen LogP contribution in [-0.4, -0.2) is 46.8 Å². The Balaban J connectivity index is 1.77. The molecule has 24 heavy (non-hydrogen) atoms. The third-order valence-corrected chi connectivity index (χ3v) is 3.76. The first kappa shape index (κ1) is 18.4. The van der Waals surface area contributed by atoms with E-state index in [9.17, 15) is 9.90 Å². The Bertz CT molecular complexity index is 766. The summed E-state index contributed by atoms with van der Waals surface area (Å²) < 4.78 is 5.42. The smallest absolute Gasteiger partial charge is 0.283 e. The van der Waals surface area contributed by atoms with E-state index in [2.05, 4.69) is 15.5 Å². The van der Waals surface area contributed by atoms with Crippen molar-refractivity contribution in [2.45, 2.75) is 6.10 Å². The summed E-state index contributed by atoms with van der Waals surface area (Å²) in [6.45, 7) is 0.368. The van der Waals surface area contributed by atoms with Gasteiger partial charge in [-0.2, -0.15) is 5.10 Å². The van der Waals surface area contributed by atoms with Gasteiger partial charge in [0.2, 0.25) is 0 Å². The van der Waals surface area contributed by atoms with Crippen LogP contribution in [0.1, 0.15) is 5.56 Å². The molecule has 9 heteroatoms. The molecule has 0 aliphatic rings. The summed E-state index contributed by atoms with van der Waals surface area (Å²) in [6, 6.07) is 6.97. The molecule has 0 aliphatic heterocycles. The standard InChI is InChI=1S/C15H16Cl2N4O3/c16-11-3-1-2-4-13(11)24-8-9(22)5-19-7-12(18)10-6-20-21-15(23)14(10)17/h1-4,6,9,18-19,22H,5,7-8H2,(H,21,23). The maximum absolute atomic E-state index is 11.3. The van der Waals surface area contributed by atoms with Crippen LogP contribution in [0, 0.1) is 5.41 Å². The van der Waals surface area contributed by atoms with E-state index in [1.807, 2.05) is 0 Å². The van der Waals surface area contributed by atoms with Gasteiger partial charge >= 0.3 is 0 Å². The lowest BCUT2D eigenvalue weighted by Crippen LogP contribution is -2.35. The Morgan fingerprint density at radius 3 is 2.92 bits per heavy atom. The summed E-state index contributed by atoms with van der Waals surface area (Å²) in [7, 11) is 0. The molecule has 0 aliphatic carbocycles. The van der Waals surface area contributed by atoms with Gasteiger partial charge in [-0.3, -0.25) is 4.79 Å². The Morgan fingerprint density at radius 1 is 1.42 bits per heavy atom. The van der Waals surface area contributed by atoms with Crippen LogP contribution in [0.3, 0.4) is 0 Å². The average Bonchev–Trinajstić information content (AvgIpc) is 2.56. The number of hydrogen-bond donors (Lipinski definition) is 4. The zero-order chi connectivity index (χ0) is 17.5. The highest BCUT2D eigenvalue weighted by molar-refractivity contribution is 6.34. The quantitative estimate of drug-likeness (QED) is 0.526. The third-order valence-electron chi connectivity index (χ3n) is 3.07. The number of aliphatic hydroxyl groups is 1. The number of benzene rings is 1. The topological polar surface area (TPSA) is 111 Å². The Hall–Kier alpha value is -1.93. The van der Waals surface area contributed by atoms with E-state index in [0.717, 1.165) is 0 Å². The molecule has 2 aromatic rings. The largest absolute Gasteiger partial charge is 0.489 e. The number of nitrogens with one attached hydrogen (secondary N) is 3. The summed E-state index contributed by atoms with van der Waals surface area (Å²) in [5.74, 6) is 0.493. The highest BCUT2D eigenvalue weighted by Gasteiger charge is 2.11. The molecule has 1 aromatic heterocycles. The molecule has 0 bridgehead atoms. The molecule has 0 saturated carbocycles. The molecular formula is C15H16Cl2N4O3. The van der Waals surface area contributed by atoms with Gasteiger partial charge in [-0.05, 0) is 12.1 Å². The lowest BCUT2D eigenvalue weighted by Gasteiger charge is -2.14. The molecule has 1 unspecified atom stereocenters. The summed E-state index contributed by atoms with van der Waals surface area (Å²) >= 11 is 11.8. The van der Waals surface area contributed by atoms with Gasteiger partial charge in [0.05, 0.1) is 16.9 Å². The van der Waals surface area contributed by atoms with Gasteiger partial charge in [0.15, 0.2) is 0 Å². The van der Waals surface area contributed by atoms with Crippen molar-refractivity contribution in [1.82, 2.24) is 15.5 Å². The number of nitrogens with zero attached hydrogens (tertiary/aromatic N) is 1. The highest BCUT2D eigenvalue weighted by atomic mass is 35.5. The first-order valence-corrected chi connectivity index (χ1v) is 7.81. The molecule has 4 N–H and O–H groups in total. The number of ether oxygens (including phenoxy) is 1. The number of para-hydroxylation sites is 1. The van der Waals surface area contributed by atoms with Crippen LogP contribution in [-0.2, 0) is 0 Å². The molecule has 0 radical (unpaired) electrons. The minimum atomic E-state index is -0.790. The minimum Gasteiger partial charge on any atom is -0.489 e. The van der Waals surface area contributed by atoms with Crippen LogP contribution < -0.4 is 15.6 Å². The van der Waals surface area contributed by atoms with Crippen LogP contribution in [0.25, 0.3) is 0 Å². The number of aliphatic hydroxyl groups excluding tert-OH is 1. The van der Waals surface area contributed by atoms with Crippen LogP contribution in [0.5, 0.6) is 5.75 Å². The van der Waals surface area contributed by atoms with Crippen molar-refractivity contribution in [3.8, 4) is 5.75 Å². The van der Waals surface area contributed by atoms with Crippen molar-refractivity contribution < 1.29 is 9.84 Å². The van der Waals surface area contributed by atoms with Crippen molar-refractivity contribution in [2.24, 2.45) is 0 Å². The van der Waals surface area contributed by atoms with Gasteiger partial charge in [0, 0.05) is 18.7 Å². The summed E-state index contributed by atoms with van der Waals surface area (Å²) in [5, 5.41) is 26.9. The number of H-pyrrole nitrogens is 1. The molecule has 128 valence electrons. The van der Waals surface area contributed by atoms with Gasteiger partial charge in [-0.15, -0.1) is 0 Å². The lowest BCUT2D eigenvalue weighted by molar-refractivity contribution is 0.107. The SMILES string of the molecule is N=C(CNCC(O)COc1ccccc1Cl)c1cn[nH]c(=O)c1Cl. The van der Waals surface area contributed by atoms with E-state index < -0.39 is 11.7 Å². The Morgan fingerprint density at radius 2 is 2.17 bits per heavy atom. The lowest BCUT2D eigenvalue weighted by atomic mass is 10.2. The van der Waals surface area contributed by atoms with Crippen LogP contribution >= 0.6 is 23.2 Å². The van der Waals surface area contributed by atoms with Crippen molar-refractivity contribution in [3.05, 3.63) is 56.4 Å². The monoisotopic (exact) mass is 370 g/mol. The molecule has 1 aromatic carbocycles. The minimum absolute atomic E-state index is 0.0530. The maximum Gasteiger partial charge on any atom is 0.283 e. The van der Waals surface area contributed by atoms with Gasteiger partial charge in [0.25, 0.3) is 5.56 Å². The first-order valence-electron chi connectivity index (χ1n) is 7.06. The van der Waals surface area contributed by atoms with E-state index in [4.69, 9.17) is 33.3 Å². The number of aromatic nitrogens is 2. The molecule has 7 nitrogen and oxygen atoms in total. The molecule has 0 amide bonds. The van der Waals surface area contributed by atoms with Gasteiger partial charge in [-0.25, -0.2) is 5.10 Å². The summed E-state index contributed by atoms with van der Waals surface area (Å²) in [5.41, 5.74) is -0.209. The van der Waals surface area contributed by atoms with E-state index in [0.29, 0.717) is 10.8 Å². The molecule has 0 fully saturated rings. The zero-order valence-corrected chi connectivity index (χ0v) is 14.1. The molecule has 1 atom stereocenters. The van der Waals surface area contributed by atoms with Crippen molar-refractivity contribution in [3.63, 3.8) is 0 Å². The second-order valence-electron chi connectivity index (χ2n) is 4.93. The number of rotatable bonds is 8. The Kier molecular flexibility index (Phi) is 6.74. The van der Waals surface area contributed by atoms with Gasteiger partial charge in [-0.1, -0.05) is 35.3 Å². The predicted molar refractivity (Wildman–Crippen MR) is 92.5 cm³/mol. The fourth-order valence-electron chi connectivity index (χ4n) is 1.86. The Labute approximate surface area is 148 Å². The zero-order valence-electron chi connectivity index (χ0n) is 12.6. The first-order chi connectivity index (χ1) is 11.5. The van der Waals surface area contributed by atoms with Crippen molar-refractivity contribution >= 4 is 28.9 Å². The molecule has 0 spiro atoms. The molecular weight excluding hydrogens is 355 g/mol. The molecule has 1 heterocycles. The van der Waals surface area contributed by atoms with Crippen molar-refractivity contribution in [2.75, 3.05) is 19.7 Å². The number of aromatic amines is 1. The van der Waals surface area contributed by atoms with Crippen LogP contribution in [0.2, 0.25) is 10.0 Å². The van der Waals surface area contributed by atoms with E-state index in [1.165, 1.54) is 6.20 Å². The number of halogens is 2. The van der Waals surface area contributed by atoms with Gasteiger partial charge in [0.1, 0.15) is 23.5 Å². The van der Waals surface area contributed by atoms with Crippen LogP contribution in [0.4, 0.5) is 0 Å². The predicted octanol–water partition coefficient (Wildman–Crippen LogP) is 1.47. The highest BCUT2D eigenvalue weighted by Crippen LogP contribution is 2.23. The summed E-state index contributed by atoms with van der Waals surface area (Å²) in [4.78, 5) is 11.3. The number of hydrogen-bond acceptors (Lipinski definition) is 6. The average molecular weight is 371 g/mol. The van der Waals surface area contributed by atoms with Crippen molar-refractivity contribution in [1.29, 1.82) is 5.41 Å². The van der Waals surface area contributed by atoms with Gasteiger partial charge < -0.3 is 20.6 Å². The fraction of sp³-hybridized carbons (Fsp3) is 0.267. The van der Waals surface area contributed by atoms with Crippen LogP contribution in [0.15, 0.2) is 35.3 Å². The second kappa shape index (κ2) is 8.79. The van der Waals surface area contributed by atoms with E-state index >= 15 is 0 Å². The fourth-order valence-corrected chi connectivity index (χ4v) is 2.26. The maximum atomic E-state index is 11.3. The molecule has 0 saturated heterocycles. The van der Waals surface area contributed by atoms with E-state index in [1.54, 1.807) is 24.3 Å².